The molecule has 7 nitrogen and oxygen atoms in total. The Morgan fingerprint density at radius 1 is 0.972 bits per heavy atom. The van der Waals surface area contributed by atoms with Gasteiger partial charge in [0.05, 0.1) is 22.9 Å². The van der Waals surface area contributed by atoms with E-state index in [-0.39, 0.29) is 23.2 Å². The second kappa shape index (κ2) is 7.42. The zero-order valence-electron chi connectivity index (χ0n) is 19.0. The van der Waals surface area contributed by atoms with Gasteiger partial charge in [-0.2, -0.15) is 0 Å². The Bertz CT molecular complexity index is 1860. The van der Waals surface area contributed by atoms with Crippen LogP contribution in [0.1, 0.15) is 29.0 Å². The predicted octanol–water partition coefficient (Wildman–Crippen LogP) is 4.48. The van der Waals surface area contributed by atoms with Crippen molar-refractivity contribution in [1.82, 2.24) is 4.57 Å². The van der Waals surface area contributed by atoms with Gasteiger partial charge in [-0.25, -0.2) is 0 Å². The van der Waals surface area contributed by atoms with E-state index in [1.807, 2.05) is 24.3 Å². The van der Waals surface area contributed by atoms with Crippen LogP contribution in [0.15, 0.2) is 80.9 Å². The molecule has 36 heavy (non-hydrogen) atoms. The molecule has 0 radical (unpaired) electrons. The number of esters is 1. The molecule has 0 bridgehead atoms. The van der Waals surface area contributed by atoms with Crippen LogP contribution < -0.4 is 15.7 Å². The Kier molecular flexibility index (Phi) is 4.27. The highest BCUT2D eigenvalue weighted by atomic mass is 16.5. The zero-order chi connectivity index (χ0) is 24.6. The van der Waals surface area contributed by atoms with Gasteiger partial charge in [0.1, 0.15) is 23.3 Å². The van der Waals surface area contributed by atoms with E-state index < -0.39 is 11.9 Å². The molecular weight excluding hydrogens is 458 g/mol. The van der Waals surface area contributed by atoms with Crippen molar-refractivity contribution in [2.75, 3.05) is 0 Å². The number of para-hydroxylation sites is 1. The average Bonchev–Trinajstić information content (AvgIpc) is 3.32. The van der Waals surface area contributed by atoms with Crippen LogP contribution in [0.3, 0.4) is 0 Å². The fourth-order valence-electron chi connectivity index (χ4n) is 5.60. The van der Waals surface area contributed by atoms with Crippen molar-refractivity contribution in [3.05, 3.63) is 104 Å². The maximum atomic E-state index is 13.6. The zero-order valence-corrected chi connectivity index (χ0v) is 19.0. The van der Waals surface area contributed by atoms with Gasteiger partial charge in [-0.1, -0.05) is 30.3 Å². The van der Waals surface area contributed by atoms with E-state index in [9.17, 15) is 19.5 Å². The van der Waals surface area contributed by atoms with Crippen molar-refractivity contribution in [3.63, 3.8) is 0 Å². The summed E-state index contributed by atoms with van der Waals surface area (Å²) in [4.78, 5) is 39.7. The molecule has 0 aliphatic carbocycles. The SMILES string of the molecule is O=C1C[C@H](c2cc3cccc4c3n(c2=O)CC4)c2c(ccc3c(=O)c(-c4ccc(O)cc4)coc23)O1. The molecule has 2 aromatic heterocycles. The van der Waals surface area contributed by atoms with Gasteiger partial charge in [-0.05, 0) is 53.3 Å². The van der Waals surface area contributed by atoms with Gasteiger partial charge in [0.25, 0.3) is 5.56 Å². The van der Waals surface area contributed by atoms with Crippen LogP contribution in [0.25, 0.3) is 33.0 Å². The summed E-state index contributed by atoms with van der Waals surface area (Å²) in [7, 11) is 0. The first-order chi connectivity index (χ1) is 17.5. The van der Waals surface area contributed by atoms with Gasteiger partial charge >= 0.3 is 5.97 Å². The molecule has 5 aromatic rings. The second-order valence-electron chi connectivity index (χ2n) is 9.27. The van der Waals surface area contributed by atoms with Gasteiger partial charge in [0.2, 0.25) is 5.43 Å². The summed E-state index contributed by atoms with van der Waals surface area (Å²) in [6.07, 6.45) is 2.14. The van der Waals surface area contributed by atoms with Crippen molar-refractivity contribution in [3.8, 4) is 22.6 Å². The summed E-state index contributed by atoms with van der Waals surface area (Å²) in [6.45, 7) is 0.590. The van der Waals surface area contributed by atoms with E-state index in [2.05, 4.69) is 0 Å². The van der Waals surface area contributed by atoms with Crippen molar-refractivity contribution in [1.29, 1.82) is 0 Å². The second-order valence-corrected chi connectivity index (χ2v) is 9.27. The summed E-state index contributed by atoms with van der Waals surface area (Å²) in [5.41, 5.74) is 3.95. The van der Waals surface area contributed by atoms with Crippen LogP contribution >= 0.6 is 0 Å². The number of carbonyl (C=O) groups is 1. The Morgan fingerprint density at radius 2 is 1.81 bits per heavy atom. The number of fused-ring (bicyclic) bond motifs is 3. The molecule has 2 aliphatic heterocycles. The van der Waals surface area contributed by atoms with E-state index in [1.165, 1.54) is 18.4 Å². The molecule has 1 N–H and O–H groups in total. The molecule has 0 saturated carbocycles. The Balaban J connectivity index is 1.48. The number of nitrogens with zero attached hydrogens (tertiary/aromatic N) is 1. The quantitative estimate of drug-likeness (QED) is 0.297. The minimum absolute atomic E-state index is 0.0318. The summed E-state index contributed by atoms with van der Waals surface area (Å²) in [5, 5.41) is 10.9. The first-order valence-corrected chi connectivity index (χ1v) is 11.7. The molecule has 7 heteroatoms. The molecule has 4 heterocycles. The predicted molar refractivity (Wildman–Crippen MR) is 134 cm³/mol. The van der Waals surface area contributed by atoms with Gasteiger partial charge < -0.3 is 18.8 Å². The molecule has 2 aliphatic rings. The number of rotatable bonds is 2. The van der Waals surface area contributed by atoms with E-state index in [4.69, 9.17) is 9.15 Å². The van der Waals surface area contributed by atoms with Crippen molar-refractivity contribution < 1.29 is 19.1 Å². The normalized spacial score (nSPS) is 16.3. The van der Waals surface area contributed by atoms with E-state index in [0.29, 0.717) is 45.5 Å². The maximum absolute atomic E-state index is 13.6. The first kappa shape index (κ1) is 20.7. The summed E-state index contributed by atoms with van der Waals surface area (Å²) < 4.78 is 13.3. The lowest BCUT2D eigenvalue weighted by Crippen LogP contribution is -2.29. The van der Waals surface area contributed by atoms with E-state index in [1.54, 1.807) is 28.8 Å². The molecular formula is C29H19NO6. The number of carbonyl (C=O) groups excluding carboxylic acids is 1. The minimum atomic E-state index is -0.613. The highest BCUT2D eigenvalue weighted by molar-refractivity contribution is 5.91. The lowest BCUT2D eigenvalue weighted by Gasteiger charge is -2.25. The van der Waals surface area contributed by atoms with Crippen molar-refractivity contribution >= 4 is 27.8 Å². The number of aryl methyl sites for hydroxylation is 2. The van der Waals surface area contributed by atoms with Crippen LogP contribution in [0.5, 0.6) is 11.5 Å². The highest BCUT2D eigenvalue weighted by Crippen LogP contribution is 2.43. The highest BCUT2D eigenvalue weighted by Gasteiger charge is 2.35. The van der Waals surface area contributed by atoms with Crippen LogP contribution in [0, 0.1) is 0 Å². The van der Waals surface area contributed by atoms with Gasteiger partial charge in [0.15, 0.2) is 0 Å². The number of aromatic nitrogens is 1. The van der Waals surface area contributed by atoms with Crippen LogP contribution in [0.4, 0.5) is 0 Å². The standard InChI is InChI=1S/C29H19NO6/c31-18-6-4-15(5-7-18)22-14-35-28-19(27(22)33)8-9-23-25(28)20(13-24(32)36-23)21-12-17-3-1-2-16-10-11-30(26(16)17)29(21)34/h1-9,12,14,20,31H,10-11,13H2/t20-/m1/s1. The molecule has 0 saturated heterocycles. The summed E-state index contributed by atoms with van der Waals surface area (Å²) in [6, 6.07) is 17.3. The number of hydrogen-bond acceptors (Lipinski definition) is 6. The number of pyridine rings is 1. The molecule has 0 unspecified atom stereocenters. The number of aromatic hydroxyl groups is 1. The number of ether oxygens (including phenoxy) is 1. The average molecular weight is 477 g/mol. The molecule has 0 spiro atoms. The number of phenols is 1. The maximum Gasteiger partial charge on any atom is 0.312 e. The van der Waals surface area contributed by atoms with Crippen molar-refractivity contribution in [2.24, 2.45) is 0 Å². The molecule has 3 aromatic carbocycles. The first-order valence-electron chi connectivity index (χ1n) is 11.7. The van der Waals surface area contributed by atoms with Gasteiger partial charge in [-0.15, -0.1) is 0 Å². The molecule has 0 fully saturated rings. The van der Waals surface area contributed by atoms with Crippen LogP contribution in [-0.2, 0) is 17.8 Å². The minimum Gasteiger partial charge on any atom is -0.508 e. The largest absolute Gasteiger partial charge is 0.508 e. The molecule has 176 valence electrons. The van der Waals surface area contributed by atoms with E-state index >= 15 is 0 Å². The number of phenolic OH excluding ortho intramolecular Hbond substituents is 1. The van der Waals surface area contributed by atoms with Gasteiger partial charge in [-0.3, -0.25) is 14.4 Å². The molecule has 7 rings (SSSR count). The fourth-order valence-corrected chi connectivity index (χ4v) is 5.60. The topological polar surface area (TPSA) is 98.7 Å². The van der Waals surface area contributed by atoms with Gasteiger partial charge in [0, 0.05) is 23.6 Å². The van der Waals surface area contributed by atoms with Crippen LogP contribution in [0.2, 0.25) is 0 Å². The monoisotopic (exact) mass is 477 g/mol. The number of benzene rings is 3. The third-order valence-electron chi connectivity index (χ3n) is 7.27. The van der Waals surface area contributed by atoms with E-state index in [0.717, 1.165) is 22.9 Å². The summed E-state index contributed by atoms with van der Waals surface area (Å²) >= 11 is 0. The number of hydrogen-bond donors (Lipinski definition) is 1. The summed E-state index contributed by atoms with van der Waals surface area (Å²) in [5.74, 6) is -0.666. The lowest BCUT2D eigenvalue weighted by atomic mass is 9.85. The Morgan fingerprint density at radius 3 is 2.64 bits per heavy atom. The third-order valence-corrected chi connectivity index (χ3v) is 7.27. The van der Waals surface area contributed by atoms with Crippen molar-refractivity contribution in [2.45, 2.75) is 25.3 Å². The molecule has 0 amide bonds. The van der Waals surface area contributed by atoms with Crippen LogP contribution in [-0.4, -0.2) is 15.6 Å². The lowest BCUT2D eigenvalue weighted by molar-refractivity contribution is -0.135. The molecule has 1 atom stereocenters. The Labute approximate surface area is 203 Å². The Hall–Kier alpha value is -4.65. The third kappa shape index (κ3) is 2.89. The fraction of sp³-hybridized carbons (Fsp3) is 0.138. The smallest absolute Gasteiger partial charge is 0.312 e.